The van der Waals surface area contributed by atoms with Crippen LogP contribution < -0.4 is 24.7 Å². The maximum absolute atomic E-state index is 8.52. The van der Waals surface area contributed by atoms with E-state index in [1.165, 1.54) is 0 Å². The molecule has 0 spiro atoms. The first-order valence-corrected chi connectivity index (χ1v) is 2.54. The highest BCUT2D eigenvalue weighted by Gasteiger charge is 1.29. The van der Waals surface area contributed by atoms with Gasteiger partial charge < -0.3 is 29.1 Å². The quantitative estimate of drug-likeness (QED) is 0.303. The molecule has 0 atom stereocenters. The van der Waals surface area contributed by atoms with E-state index in [0.717, 1.165) is 0 Å². The minimum absolute atomic E-state index is 2.92. The van der Waals surface area contributed by atoms with E-state index in [4.69, 9.17) is 29.1 Å². The van der Waals surface area contributed by atoms with E-state index in [2.05, 4.69) is 0 Å². The number of rotatable bonds is 0. The van der Waals surface area contributed by atoms with Crippen molar-refractivity contribution in [2.75, 3.05) is 0 Å². The van der Waals surface area contributed by atoms with Crippen molar-refractivity contribution in [1.29, 1.82) is 0 Å². The summed E-state index contributed by atoms with van der Waals surface area (Å²) in [6.45, 7) is 0. The van der Waals surface area contributed by atoms with Gasteiger partial charge >= 0.3 is 0 Å². The predicted octanol–water partition coefficient (Wildman–Crippen LogP) is -6.83. The lowest BCUT2D eigenvalue weighted by atomic mass is 10.3. The fourth-order valence-corrected chi connectivity index (χ4v) is 0. The zero-order valence-corrected chi connectivity index (χ0v) is 4.53. The van der Waals surface area contributed by atoms with Crippen LogP contribution in [0.15, 0.2) is 0 Å². The number of hydrogen-bond donors (Lipinski definition) is 0. The summed E-state index contributed by atoms with van der Waals surface area (Å²) in [6.07, 6.45) is 0. The molecule has 0 bridgehead atoms. The maximum atomic E-state index is 8.52. The Bertz CT molecular complexity index is 52.8. The van der Waals surface area contributed by atoms with Gasteiger partial charge in [0.05, 0.1) is 0 Å². The van der Waals surface area contributed by atoms with Crippen molar-refractivity contribution in [1.82, 2.24) is 0 Å². The largest absolute Gasteiger partial charge is 0.907 e. The molecule has 0 fully saturated rings. The van der Waals surface area contributed by atoms with E-state index in [1.807, 2.05) is 0 Å². The molecule has 0 unspecified atom stereocenters. The molecule has 8 heavy (non-hydrogen) atoms. The van der Waals surface area contributed by atoms with Gasteiger partial charge in [-0.05, 0) is 0 Å². The molecule has 6 nitrogen and oxygen atoms in total. The second-order valence-electron chi connectivity index (χ2n) is 0.539. The lowest BCUT2D eigenvalue weighted by Crippen LogP contribution is -2.56. The minimum atomic E-state index is -3.63. The van der Waals surface area contributed by atoms with Gasteiger partial charge in [0, 0.05) is 9.17 Å². The van der Waals surface area contributed by atoms with Crippen LogP contribution in [0.25, 0.3) is 0 Å². The van der Waals surface area contributed by atoms with Gasteiger partial charge in [-0.3, -0.25) is 7.32 Å². The molecule has 0 N–H and O–H groups in total. The van der Waals surface area contributed by atoms with Gasteiger partial charge in [-0.1, -0.05) is 0 Å². The molecule has 0 saturated carbocycles. The summed E-state index contributed by atoms with van der Waals surface area (Å²) in [7, 11) is -6.55. The molecule has 0 aromatic rings. The molecular formula is BO6Si-5. The second-order valence-corrected chi connectivity index (χ2v) is 1.04. The van der Waals surface area contributed by atoms with Crippen molar-refractivity contribution < 1.29 is 29.1 Å². The highest BCUT2D eigenvalue weighted by atomic mass is 28.3. The average Bonchev–Trinajstić information content (AvgIpc) is 1.25. The van der Waals surface area contributed by atoms with E-state index in [1.54, 1.807) is 0 Å². The van der Waals surface area contributed by atoms with Crippen LogP contribution in [0.3, 0.4) is 0 Å². The molecule has 0 heterocycles. The molecular weight excluding hydrogens is 135 g/mol. The van der Waals surface area contributed by atoms with Gasteiger partial charge in [0.25, 0.3) is 0 Å². The molecule has 0 aromatic carbocycles. The summed E-state index contributed by atoms with van der Waals surface area (Å²) < 4.78 is 8.52. The van der Waals surface area contributed by atoms with Crippen LogP contribution >= 0.6 is 0 Å². The Labute approximate surface area is 46.7 Å². The first-order valence-electron chi connectivity index (χ1n) is 1.32. The second kappa shape index (κ2) is 6.56. The first kappa shape index (κ1) is 10.5. The van der Waals surface area contributed by atoms with Gasteiger partial charge in [0.15, 0.2) is 0 Å². The summed E-state index contributed by atoms with van der Waals surface area (Å²) in [4.78, 5) is 17.0. The smallest absolute Gasteiger partial charge is 0.0172 e. The van der Waals surface area contributed by atoms with Crippen molar-refractivity contribution in [3.8, 4) is 0 Å². The van der Waals surface area contributed by atoms with E-state index in [9.17, 15) is 0 Å². The Morgan fingerprint density at radius 3 is 1.12 bits per heavy atom. The molecule has 0 rings (SSSR count). The fourth-order valence-electron chi connectivity index (χ4n) is 0. The normalized spacial score (nSPS) is 6.38. The molecule has 0 aromatic heterocycles. The highest BCUT2D eigenvalue weighted by molar-refractivity contribution is 6.24. The van der Waals surface area contributed by atoms with Crippen LogP contribution in [0.2, 0.25) is 0 Å². The topological polar surface area (TPSA) is 132 Å². The molecule has 0 amide bonds. The lowest BCUT2D eigenvalue weighted by Gasteiger charge is -2.35. The van der Waals surface area contributed by atoms with Crippen molar-refractivity contribution in [2.45, 2.75) is 0 Å². The number of hydrogen-bond acceptors (Lipinski definition) is 6. The summed E-state index contributed by atoms with van der Waals surface area (Å²) in [6, 6.07) is 0. The zero-order chi connectivity index (χ0) is 7.15. The molecule has 8 heteroatoms. The van der Waals surface area contributed by atoms with Crippen molar-refractivity contribution in [3.63, 3.8) is 0 Å². The minimum Gasteiger partial charge on any atom is -0.907 e. The zero-order valence-electron chi connectivity index (χ0n) is 3.53. The SMILES string of the molecule is O=[Si]([O-])[O-].[O-]B([O-])[O-]. The standard InChI is InChI=1S/BO3.O3Si/c2-1(3)4;1-4(2)3/q-3;-2. The predicted molar refractivity (Wildman–Crippen MR) is 12.2 cm³/mol. The van der Waals surface area contributed by atoms with Crippen molar-refractivity contribution in [3.05, 3.63) is 0 Å². The fraction of sp³-hybridized carbons (Fsp3) is 0. The van der Waals surface area contributed by atoms with E-state index >= 15 is 0 Å². The van der Waals surface area contributed by atoms with E-state index in [-0.39, 0.29) is 0 Å². The van der Waals surface area contributed by atoms with Crippen LogP contribution in [-0.2, 0) is 4.46 Å². The molecule has 48 valence electrons. The van der Waals surface area contributed by atoms with Gasteiger partial charge in [0.2, 0.25) is 0 Å². The molecule has 0 saturated heterocycles. The monoisotopic (exact) mass is 135 g/mol. The molecule has 0 aliphatic carbocycles. The van der Waals surface area contributed by atoms with Crippen LogP contribution in [0.4, 0.5) is 0 Å². The van der Waals surface area contributed by atoms with Gasteiger partial charge in [-0.2, -0.15) is 0 Å². The first-order chi connectivity index (χ1) is 3.46. The molecule has 0 aliphatic heterocycles. The molecule has 0 radical (unpaired) electrons. The van der Waals surface area contributed by atoms with Crippen LogP contribution in [0, 0.1) is 0 Å². The van der Waals surface area contributed by atoms with Crippen LogP contribution in [-0.4, -0.2) is 16.5 Å². The van der Waals surface area contributed by atoms with E-state index in [0.29, 0.717) is 0 Å². The third kappa shape index (κ3) is 603. The molecule has 0 aliphatic rings. The Morgan fingerprint density at radius 1 is 1.12 bits per heavy atom. The third-order valence-electron chi connectivity index (χ3n) is 0. The average molecular weight is 135 g/mol. The maximum Gasteiger partial charge on any atom is 0.0172 e. The van der Waals surface area contributed by atoms with Crippen LogP contribution in [0.1, 0.15) is 0 Å². The summed E-state index contributed by atoms with van der Waals surface area (Å²) in [5, 5.41) is 25.2. The van der Waals surface area contributed by atoms with Crippen molar-refractivity contribution >= 4 is 16.5 Å². The third-order valence-corrected chi connectivity index (χ3v) is 0. The lowest BCUT2D eigenvalue weighted by molar-refractivity contribution is -0.479. The Balaban J connectivity index is 0. The van der Waals surface area contributed by atoms with Crippen LogP contribution in [0.5, 0.6) is 0 Å². The summed E-state index contributed by atoms with van der Waals surface area (Å²) >= 11 is 0. The van der Waals surface area contributed by atoms with Gasteiger partial charge in [-0.25, -0.2) is 0 Å². The Morgan fingerprint density at radius 2 is 1.12 bits per heavy atom. The highest BCUT2D eigenvalue weighted by Crippen LogP contribution is 0.996. The van der Waals surface area contributed by atoms with Crippen molar-refractivity contribution in [2.24, 2.45) is 0 Å². The van der Waals surface area contributed by atoms with Gasteiger partial charge in [0.1, 0.15) is 0 Å². The van der Waals surface area contributed by atoms with E-state index < -0.39 is 16.5 Å². The Hall–Kier alpha value is -0.438. The Kier molecular flexibility index (Phi) is 8.63. The summed E-state index contributed by atoms with van der Waals surface area (Å²) in [5.41, 5.74) is 0. The van der Waals surface area contributed by atoms with Gasteiger partial charge in [-0.15, -0.1) is 0 Å². The summed E-state index contributed by atoms with van der Waals surface area (Å²) in [5.74, 6) is 0.